The van der Waals surface area contributed by atoms with Gasteiger partial charge in [0.05, 0.1) is 5.56 Å². The van der Waals surface area contributed by atoms with E-state index in [1.54, 1.807) is 11.3 Å². The van der Waals surface area contributed by atoms with Crippen LogP contribution in [0.3, 0.4) is 0 Å². The van der Waals surface area contributed by atoms with E-state index >= 15 is 0 Å². The lowest BCUT2D eigenvalue weighted by molar-refractivity contribution is 0.0934. The maximum atomic E-state index is 12.8. The predicted octanol–water partition coefficient (Wildman–Crippen LogP) is 5.80. The Morgan fingerprint density at radius 3 is 2.85 bits per heavy atom. The van der Waals surface area contributed by atoms with Gasteiger partial charge < -0.3 is 10.6 Å². The van der Waals surface area contributed by atoms with Gasteiger partial charge in [0.25, 0.3) is 5.91 Å². The first kappa shape index (κ1) is 17.9. The Balaban J connectivity index is 1.64. The average Bonchev–Trinajstić information content (AvgIpc) is 2.99. The zero-order valence-electron chi connectivity index (χ0n) is 15.5. The minimum atomic E-state index is -0.225. The number of halogens is 1. The highest BCUT2D eigenvalue weighted by Crippen LogP contribution is 2.46. The molecule has 26 heavy (non-hydrogen) atoms. The van der Waals surface area contributed by atoms with Gasteiger partial charge in [-0.15, -0.1) is 11.3 Å². The number of thiophene rings is 1. The molecule has 1 aliphatic carbocycles. The number of carbonyl (C=O) groups excluding carboxylic acids is 1. The van der Waals surface area contributed by atoms with Crippen molar-refractivity contribution >= 4 is 33.8 Å². The van der Waals surface area contributed by atoms with Crippen LogP contribution in [0, 0.1) is 11.3 Å². The number of fused-ring (bicyclic) bond motifs is 3. The zero-order valence-corrected chi connectivity index (χ0v) is 17.1. The van der Waals surface area contributed by atoms with Gasteiger partial charge >= 0.3 is 0 Å². The minimum absolute atomic E-state index is 0.0365. The van der Waals surface area contributed by atoms with Crippen LogP contribution in [0.5, 0.6) is 0 Å². The summed E-state index contributed by atoms with van der Waals surface area (Å²) in [7, 11) is 0. The lowest BCUT2D eigenvalue weighted by atomic mass is 9.69. The molecule has 2 N–H and O–H groups in total. The molecule has 0 saturated heterocycles. The number of rotatable bonds is 3. The molecule has 0 bridgehead atoms. The SMILES string of the molecule is CCC(C)(C)[C@H]1CCc2c(sc3c2C(=O)N[C@H](c2cccc(Cl)c2)N3)C1. The third kappa shape index (κ3) is 3.03. The van der Waals surface area contributed by atoms with Crippen molar-refractivity contribution in [1.29, 1.82) is 0 Å². The fraction of sp³-hybridized carbons (Fsp3) is 0.476. The van der Waals surface area contributed by atoms with Crippen LogP contribution in [-0.2, 0) is 12.8 Å². The van der Waals surface area contributed by atoms with Gasteiger partial charge in [-0.05, 0) is 53.9 Å². The Hall–Kier alpha value is -1.52. The molecule has 138 valence electrons. The molecule has 0 fully saturated rings. The highest BCUT2D eigenvalue weighted by molar-refractivity contribution is 7.16. The normalized spacial score (nSPS) is 22.2. The van der Waals surface area contributed by atoms with Gasteiger partial charge in [-0.3, -0.25) is 4.79 Å². The van der Waals surface area contributed by atoms with Gasteiger partial charge in [0, 0.05) is 9.90 Å². The zero-order chi connectivity index (χ0) is 18.5. The van der Waals surface area contributed by atoms with Crippen LogP contribution in [-0.4, -0.2) is 5.91 Å². The molecule has 0 unspecified atom stereocenters. The van der Waals surface area contributed by atoms with Crippen molar-refractivity contribution in [2.24, 2.45) is 11.3 Å². The van der Waals surface area contributed by atoms with E-state index < -0.39 is 0 Å². The first-order valence-corrected chi connectivity index (χ1v) is 10.6. The van der Waals surface area contributed by atoms with Gasteiger partial charge in [-0.2, -0.15) is 0 Å². The van der Waals surface area contributed by atoms with E-state index in [0.29, 0.717) is 16.4 Å². The largest absolute Gasteiger partial charge is 0.353 e. The summed E-state index contributed by atoms with van der Waals surface area (Å²) in [6.45, 7) is 7.02. The number of nitrogens with one attached hydrogen (secondary N) is 2. The molecule has 0 saturated carbocycles. The van der Waals surface area contributed by atoms with E-state index in [1.807, 2.05) is 24.3 Å². The topological polar surface area (TPSA) is 41.1 Å². The monoisotopic (exact) mass is 388 g/mol. The van der Waals surface area contributed by atoms with Crippen LogP contribution in [0.2, 0.25) is 5.02 Å². The standard InChI is InChI=1S/C21H25ClN2OS/c1-4-21(2,3)13-8-9-15-16(11-13)26-20-17(15)19(25)23-18(24-20)12-6-5-7-14(22)10-12/h5-7,10,13,18,24H,4,8-9,11H2,1-3H3,(H,23,25)/t13-,18-/m0/s1. The number of anilines is 1. The highest BCUT2D eigenvalue weighted by atomic mass is 35.5. The highest BCUT2D eigenvalue weighted by Gasteiger charge is 2.37. The van der Waals surface area contributed by atoms with Crippen LogP contribution in [0.25, 0.3) is 0 Å². The minimum Gasteiger partial charge on any atom is -0.353 e. The van der Waals surface area contributed by atoms with E-state index in [4.69, 9.17) is 11.6 Å². The number of hydrogen-bond donors (Lipinski definition) is 2. The summed E-state index contributed by atoms with van der Waals surface area (Å²) >= 11 is 7.89. The quantitative estimate of drug-likeness (QED) is 0.697. The van der Waals surface area contributed by atoms with Crippen LogP contribution in [0.1, 0.15) is 66.1 Å². The average molecular weight is 389 g/mol. The molecular weight excluding hydrogens is 364 g/mol. The van der Waals surface area contributed by atoms with E-state index in [9.17, 15) is 4.79 Å². The van der Waals surface area contributed by atoms with Crippen LogP contribution in [0.15, 0.2) is 24.3 Å². The Morgan fingerprint density at radius 2 is 2.12 bits per heavy atom. The van der Waals surface area contributed by atoms with Crippen molar-refractivity contribution in [3.8, 4) is 0 Å². The second kappa shape index (κ2) is 6.58. The summed E-state index contributed by atoms with van der Waals surface area (Å²) in [6, 6.07) is 7.65. The molecule has 1 aromatic heterocycles. The molecule has 2 aliphatic rings. The summed E-state index contributed by atoms with van der Waals surface area (Å²) in [5.41, 5.74) is 3.47. The Kier molecular flexibility index (Phi) is 4.52. The molecule has 4 rings (SSSR count). The molecule has 2 aromatic rings. The summed E-state index contributed by atoms with van der Waals surface area (Å²) in [5, 5.41) is 8.32. The smallest absolute Gasteiger partial charge is 0.256 e. The second-order valence-corrected chi connectivity index (χ2v) is 9.64. The lowest BCUT2D eigenvalue weighted by Crippen LogP contribution is -2.38. The summed E-state index contributed by atoms with van der Waals surface area (Å²) in [4.78, 5) is 14.2. The molecule has 1 aliphatic heterocycles. The van der Waals surface area contributed by atoms with Crippen molar-refractivity contribution in [2.75, 3.05) is 5.32 Å². The fourth-order valence-corrected chi connectivity index (χ4v) is 5.66. The first-order valence-electron chi connectivity index (χ1n) is 9.36. The summed E-state index contributed by atoms with van der Waals surface area (Å²) < 4.78 is 0. The molecule has 2 heterocycles. The second-order valence-electron chi connectivity index (χ2n) is 8.10. The van der Waals surface area contributed by atoms with Crippen molar-refractivity contribution in [1.82, 2.24) is 5.32 Å². The molecule has 0 radical (unpaired) electrons. The fourth-order valence-electron chi connectivity index (χ4n) is 4.11. The third-order valence-corrected chi connectivity index (χ3v) is 7.66. The predicted molar refractivity (Wildman–Crippen MR) is 109 cm³/mol. The number of benzene rings is 1. The Morgan fingerprint density at radius 1 is 1.31 bits per heavy atom. The van der Waals surface area contributed by atoms with E-state index in [-0.39, 0.29) is 12.1 Å². The van der Waals surface area contributed by atoms with Gasteiger partial charge in [-0.1, -0.05) is 50.9 Å². The Bertz CT molecular complexity index is 858. The van der Waals surface area contributed by atoms with Crippen molar-refractivity contribution < 1.29 is 4.79 Å². The van der Waals surface area contributed by atoms with Gasteiger partial charge in [0.2, 0.25) is 0 Å². The molecule has 3 nitrogen and oxygen atoms in total. The maximum Gasteiger partial charge on any atom is 0.256 e. The number of amides is 1. The molecule has 0 spiro atoms. The molecular formula is C21H25ClN2OS. The van der Waals surface area contributed by atoms with Crippen molar-refractivity contribution in [2.45, 2.75) is 52.6 Å². The number of carbonyl (C=O) groups is 1. The molecule has 2 atom stereocenters. The first-order chi connectivity index (χ1) is 12.4. The van der Waals surface area contributed by atoms with E-state index in [2.05, 4.69) is 31.4 Å². The van der Waals surface area contributed by atoms with Gasteiger partial charge in [-0.25, -0.2) is 0 Å². The van der Waals surface area contributed by atoms with Crippen molar-refractivity contribution in [3.63, 3.8) is 0 Å². The molecule has 1 amide bonds. The van der Waals surface area contributed by atoms with Gasteiger partial charge in [0.1, 0.15) is 11.2 Å². The maximum absolute atomic E-state index is 12.8. The van der Waals surface area contributed by atoms with Crippen LogP contribution < -0.4 is 10.6 Å². The summed E-state index contributed by atoms with van der Waals surface area (Å²) in [5.74, 6) is 0.723. The van der Waals surface area contributed by atoms with E-state index in [1.165, 1.54) is 23.3 Å². The molecule has 1 aromatic carbocycles. The Labute approximate surface area is 164 Å². The molecule has 5 heteroatoms. The lowest BCUT2D eigenvalue weighted by Gasteiger charge is -2.36. The van der Waals surface area contributed by atoms with Gasteiger partial charge in [0.15, 0.2) is 0 Å². The number of hydrogen-bond acceptors (Lipinski definition) is 3. The summed E-state index contributed by atoms with van der Waals surface area (Å²) in [6.07, 6.45) is 4.23. The van der Waals surface area contributed by atoms with E-state index in [0.717, 1.165) is 29.0 Å². The van der Waals surface area contributed by atoms with Crippen LogP contribution in [0.4, 0.5) is 5.00 Å². The van der Waals surface area contributed by atoms with Crippen molar-refractivity contribution in [3.05, 3.63) is 50.9 Å². The van der Waals surface area contributed by atoms with Crippen LogP contribution >= 0.6 is 22.9 Å². The third-order valence-electron chi connectivity index (χ3n) is 6.24.